The van der Waals surface area contributed by atoms with Gasteiger partial charge in [-0.2, -0.15) is 0 Å². The predicted octanol–water partition coefficient (Wildman–Crippen LogP) is -1.93. The van der Waals surface area contributed by atoms with E-state index < -0.39 is 15.1 Å². The fourth-order valence-electron chi connectivity index (χ4n) is 2.05. The fourth-order valence-corrected chi connectivity index (χ4v) is 2.86. The van der Waals surface area contributed by atoms with Crippen LogP contribution >= 0.6 is 0 Å². The molecule has 1 aliphatic carbocycles. The molecule has 0 bridgehead atoms. The molecular weight excluding hydrogens is 227 g/mol. The molecule has 0 aromatic carbocycles. The van der Waals surface area contributed by atoms with Crippen LogP contribution in [0.1, 0.15) is 39.5 Å². The molecule has 0 aromatic heterocycles. The Hall–Kier alpha value is 0.870. The van der Waals surface area contributed by atoms with Crippen LogP contribution in [0.25, 0.3) is 0 Å². The average molecular weight is 244 g/mol. The summed E-state index contributed by atoms with van der Waals surface area (Å²) in [5.41, 5.74) is 0. The predicted molar refractivity (Wildman–Crippen MR) is 51.4 cm³/mol. The third-order valence-corrected chi connectivity index (χ3v) is 4.43. The van der Waals surface area contributed by atoms with Gasteiger partial charge in [0.25, 0.3) is 0 Å². The van der Waals surface area contributed by atoms with E-state index in [1.54, 1.807) is 0 Å². The SMILES string of the molecule is CC(C)C1CCCC(O)(S(=O)(=O)[O-])C1.[Na+]. The molecule has 1 aliphatic rings. The average Bonchev–Trinajstić information content (AvgIpc) is 2.02. The molecule has 0 aromatic rings. The normalized spacial score (nSPS) is 32.5. The van der Waals surface area contributed by atoms with Gasteiger partial charge in [0.2, 0.25) is 0 Å². The third-order valence-electron chi connectivity index (χ3n) is 3.13. The molecule has 6 heteroatoms. The zero-order valence-electron chi connectivity index (χ0n) is 9.56. The molecule has 2 atom stereocenters. The molecule has 0 aliphatic heterocycles. The molecule has 0 spiro atoms. The van der Waals surface area contributed by atoms with Crippen LogP contribution in [0.3, 0.4) is 0 Å². The van der Waals surface area contributed by atoms with Crippen molar-refractivity contribution in [1.82, 2.24) is 0 Å². The number of aliphatic hydroxyl groups is 1. The van der Waals surface area contributed by atoms with E-state index in [0.29, 0.717) is 12.3 Å². The third kappa shape index (κ3) is 3.68. The van der Waals surface area contributed by atoms with Crippen LogP contribution in [-0.2, 0) is 10.1 Å². The number of hydrogen-bond donors (Lipinski definition) is 1. The molecule has 4 nitrogen and oxygen atoms in total. The maximum absolute atomic E-state index is 10.9. The Kier molecular flexibility index (Phi) is 5.79. The number of hydrogen-bond acceptors (Lipinski definition) is 4. The first kappa shape index (κ1) is 15.9. The van der Waals surface area contributed by atoms with Gasteiger partial charge in [-0.1, -0.05) is 13.8 Å². The van der Waals surface area contributed by atoms with Crippen LogP contribution in [0.4, 0.5) is 0 Å². The molecule has 0 saturated heterocycles. The molecule has 1 saturated carbocycles. The Morgan fingerprint density at radius 3 is 2.40 bits per heavy atom. The second-order valence-electron chi connectivity index (χ2n) is 4.50. The van der Waals surface area contributed by atoms with Crippen LogP contribution in [0.5, 0.6) is 0 Å². The first-order valence-electron chi connectivity index (χ1n) is 4.94. The molecule has 1 rings (SSSR count). The maximum Gasteiger partial charge on any atom is 1.00 e. The molecule has 1 N–H and O–H groups in total. The van der Waals surface area contributed by atoms with Crippen molar-refractivity contribution < 1.29 is 47.6 Å². The van der Waals surface area contributed by atoms with Crippen LogP contribution in [0, 0.1) is 11.8 Å². The summed E-state index contributed by atoms with van der Waals surface area (Å²) in [4.78, 5) is -2.01. The Bertz CT molecular complexity index is 301. The summed E-state index contributed by atoms with van der Waals surface area (Å²) in [5.74, 6) is 0.445. The van der Waals surface area contributed by atoms with Gasteiger partial charge in [0.05, 0.1) is 0 Å². The van der Waals surface area contributed by atoms with Crippen LogP contribution in [0.2, 0.25) is 0 Å². The first-order chi connectivity index (χ1) is 6.26. The van der Waals surface area contributed by atoms with E-state index in [2.05, 4.69) is 0 Å². The molecule has 2 unspecified atom stereocenters. The second kappa shape index (κ2) is 5.47. The molecule has 15 heavy (non-hydrogen) atoms. The van der Waals surface area contributed by atoms with Gasteiger partial charge in [-0.15, -0.1) is 0 Å². The largest absolute Gasteiger partial charge is 1.00 e. The Morgan fingerprint density at radius 1 is 1.47 bits per heavy atom. The summed E-state index contributed by atoms with van der Waals surface area (Å²) in [6.45, 7) is 3.96. The summed E-state index contributed by atoms with van der Waals surface area (Å²) in [6, 6.07) is 0. The van der Waals surface area contributed by atoms with Crippen molar-refractivity contribution in [1.29, 1.82) is 0 Å². The van der Waals surface area contributed by atoms with E-state index in [9.17, 15) is 18.1 Å². The van der Waals surface area contributed by atoms with Gasteiger partial charge in [0.1, 0.15) is 10.1 Å². The molecule has 84 valence electrons. The topological polar surface area (TPSA) is 77.4 Å². The standard InChI is InChI=1S/C9H18O4S.Na/c1-7(2)8-4-3-5-9(10,6-8)14(11,12)13;/h7-8,10H,3-6H2,1-2H3,(H,11,12,13);/q;+1/p-1. The molecule has 0 radical (unpaired) electrons. The van der Waals surface area contributed by atoms with Gasteiger partial charge in [-0.05, 0) is 37.5 Å². The van der Waals surface area contributed by atoms with Gasteiger partial charge < -0.3 is 9.66 Å². The summed E-state index contributed by atoms with van der Waals surface area (Å²) in [6.07, 6.45) is 1.69. The first-order valence-corrected chi connectivity index (χ1v) is 6.35. The summed E-state index contributed by atoms with van der Waals surface area (Å²) in [5, 5.41) is 9.73. The monoisotopic (exact) mass is 244 g/mol. The van der Waals surface area contributed by atoms with Crippen molar-refractivity contribution in [3.8, 4) is 0 Å². The quantitative estimate of drug-likeness (QED) is 0.453. The van der Waals surface area contributed by atoms with Crippen molar-refractivity contribution in [3.63, 3.8) is 0 Å². The van der Waals surface area contributed by atoms with E-state index >= 15 is 0 Å². The minimum Gasteiger partial charge on any atom is -0.746 e. The zero-order valence-corrected chi connectivity index (χ0v) is 12.4. The Morgan fingerprint density at radius 2 is 2.00 bits per heavy atom. The summed E-state index contributed by atoms with van der Waals surface area (Å²) >= 11 is 0. The van der Waals surface area contributed by atoms with Crippen LogP contribution in [-0.4, -0.2) is 23.0 Å². The second-order valence-corrected chi connectivity index (χ2v) is 6.17. The number of rotatable bonds is 2. The minimum absolute atomic E-state index is 0. The van der Waals surface area contributed by atoms with E-state index in [1.165, 1.54) is 0 Å². The maximum atomic E-state index is 10.9. The van der Waals surface area contributed by atoms with Gasteiger partial charge in [-0.25, -0.2) is 8.42 Å². The van der Waals surface area contributed by atoms with E-state index in [4.69, 9.17) is 0 Å². The smallest absolute Gasteiger partial charge is 0.746 e. The molecule has 0 amide bonds. The van der Waals surface area contributed by atoms with E-state index in [0.717, 1.165) is 6.42 Å². The van der Waals surface area contributed by atoms with Gasteiger partial charge in [0.15, 0.2) is 4.93 Å². The molecule has 1 fully saturated rings. The van der Waals surface area contributed by atoms with Gasteiger partial charge in [0, 0.05) is 0 Å². The zero-order chi connectivity index (χ0) is 11.0. The van der Waals surface area contributed by atoms with E-state index in [1.807, 2.05) is 13.8 Å². The Labute approximate surface area is 113 Å². The molecular formula is C9H17NaO4S. The minimum atomic E-state index is -4.59. The molecule has 0 heterocycles. The van der Waals surface area contributed by atoms with Crippen LogP contribution in [0.15, 0.2) is 0 Å². The van der Waals surface area contributed by atoms with Gasteiger partial charge in [-0.3, -0.25) is 0 Å². The summed E-state index contributed by atoms with van der Waals surface area (Å²) in [7, 11) is -4.59. The Balaban J connectivity index is 0.00000196. The van der Waals surface area contributed by atoms with E-state index in [-0.39, 0.29) is 48.3 Å². The van der Waals surface area contributed by atoms with Crippen molar-refractivity contribution in [2.75, 3.05) is 0 Å². The van der Waals surface area contributed by atoms with Crippen LogP contribution < -0.4 is 29.6 Å². The van der Waals surface area contributed by atoms with Gasteiger partial charge >= 0.3 is 29.6 Å². The van der Waals surface area contributed by atoms with Crippen molar-refractivity contribution in [2.24, 2.45) is 11.8 Å². The summed E-state index contributed by atoms with van der Waals surface area (Å²) < 4.78 is 32.6. The van der Waals surface area contributed by atoms with Crippen molar-refractivity contribution in [2.45, 2.75) is 44.5 Å². The fraction of sp³-hybridized carbons (Fsp3) is 1.00. The van der Waals surface area contributed by atoms with Crippen molar-refractivity contribution >= 4 is 10.1 Å². The van der Waals surface area contributed by atoms with Crippen molar-refractivity contribution in [3.05, 3.63) is 0 Å².